The molecule has 0 fully saturated rings. The van der Waals surface area contributed by atoms with Crippen molar-refractivity contribution in [2.24, 2.45) is 0 Å². The van der Waals surface area contributed by atoms with Crippen molar-refractivity contribution in [2.45, 2.75) is 25.8 Å². The molecule has 0 unspecified atom stereocenters. The first-order chi connectivity index (χ1) is 10.3. The average molecular weight is 306 g/mol. The molecule has 21 heavy (non-hydrogen) atoms. The number of hydrogen-bond donors (Lipinski definition) is 1. The van der Waals surface area contributed by atoms with E-state index in [2.05, 4.69) is 15.2 Å². The molecule has 0 saturated carbocycles. The van der Waals surface area contributed by atoms with Crippen molar-refractivity contribution in [3.8, 4) is 0 Å². The maximum Gasteiger partial charge on any atom is 0.275 e. The summed E-state index contributed by atoms with van der Waals surface area (Å²) in [6.07, 6.45) is 4.77. The molecule has 2 heterocycles. The van der Waals surface area contributed by atoms with Crippen molar-refractivity contribution >= 4 is 17.2 Å². The van der Waals surface area contributed by atoms with Crippen LogP contribution in [0.2, 0.25) is 0 Å². The lowest BCUT2D eigenvalue weighted by atomic mass is 10.2. The van der Waals surface area contributed by atoms with Gasteiger partial charge in [-0.05, 0) is 19.3 Å². The Morgan fingerprint density at radius 3 is 3.19 bits per heavy atom. The van der Waals surface area contributed by atoms with E-state index in [-0.39, 0.29) is 5.91 Å². The number of hydrogen-bond acceptors (Lipinski definition) is 5. The number of carbonyl (C=O) groups is 1. The first-order valence-electron chi connectivity index (χ1n) is 7.02. The van der Waals surface area contributed by atoms with E-state index in [1.807, 2.05) is 5.38 Å². The van der Waals surface area contributed by atoms with Crippen LogP contribution in [0.15, 0.2) is 11.6 Å². The third-order valence-electron chi connectivity index (χ3n) is 3.67. The van der Waals surface area contributed by atoms with Gasteiger partial charge in [0.05, 0.1) is 13.2 Å². The van der Waals surface area contributed by atoms with Crippen LogP contribution in [0.5, 0.6) is 0 Å². The molecule has 0 aliphatic heterocycles. The van der Waals surface area contributed by atoms with Crippen molar-refractivity contribution in [3.63, 3.8) is 0 Å². The molecule has 0 bridgehead atoms. The number of H-pyrrole nitrogens is 1. The van der Waals surface area contributed by atoms with E-state index in [1.165, 1.54) is 0 Å². The number of ether oxygens (including phenoxy) is 1. The number of aromatic nitrogens is 3. The fourth-order valence-corrected chi connectivity index (χ4v) is 3.23. The van der Waals surface area contributed by atoms with E-state index in [9.17, 15) is 4.79 Å². The summed E-state index contributed by atoms with van der Waals surface area (Å²) in [6, 6.07) is 0. The number of amides is 1. The fraction of sp³-hybridized carbons (Fsp3) is 0.500. The van der Waals surface area contributed by atoms with Crippen LogP contribution < -0.4 is 0 Å². The zero-order valence-electron chi connectivity index (χ0n) is 12.0. The van der Waals surface area contributed by atoms with Gasteiger partial charge in [-0.2, -0.15) is 5.10 Å². The van der Waals surface area contributed by atoms with E-state index < -0.39 is 0 Å². The van der Waals surface area contributed by atoms with Crippen LogP contribution in [0.25, 0.3) is 0 Å². The number of nitrogens with zero attached hydrogens (tertiary/aromatic N) is 3. The molecule has 1 aliphatic carbocycles. The van der Waals surface area contributed by atoms with Gasteiger partial charge in [0.25, 0.3) is 5.91 Å². The standard InChI is InChI=1S/C14H18N4O2S/c1-20-7-6-18(9-12-15-5-8-21-12)14(19)13-10-3-2-4-11(10)16-17-13/h5,8H,2-4,6-7,9H2,1H3,(H,16,17). The summed E-state index contributed by atoms with van der Waals surface area (Å²) in [5, 5.41) is 10.1. The quantitative estimate of drug-likeness (QED) is 0.881. The molecule has 0 saturated heterocycles. The predicted molar refractivity (Wildman–Crippen MR) is 79.3 cm³/mol. The van der Waals surface area contributed by atoms with Crippen LogP contribution in [0.3, 0.4) is 0 Å². The summed E-state index contributed by atoms with van der Waals surface area (Å²) >= 11 is 1.55. The van der Waals surface area contributed by atoms with Crippen molar-refractivity contribution in [2.75, 3.05) is 20.3 Å². The van der Waals surface area contributed by atoms with E-state index in [1.54, 1.807) is 29.5 Å². The molecule has 2 aromatic heterocycles. The van der Waals surface area contributed by atoms with E-state index in [0.29, 0.717) is 25.4 Å². The van der Waals surface area contributed by atoms with Gasteiger partial charge in [0, 0.05) is 36.5 Å². The second-order valence-electron chi connectivity index (χ2n) is 5.03. The zero-order valence-corrected chi connectivity index (χ0v) is 12.8. The van der Waals surface area contributed by atoms with Gasteiger partial charge in [-0.25, -0.2) is 4.98 Å². The minimum Gasteiger partial charge on any atom is -0.383 e. The first kappa shape index (κ1) is 14.2. The molecule has 0 aromatic carbocycles. The molecule has 7 heteroatoms. The van der Waals surface area contributed by atoms with Crippen molar-refractivity contribution in [3.05, 3.63) is 33.5 Å². The Morgan fingerprint density at radius 2 is 2.43 bits per heavy atom. The number of fused-ring (bicyclic) bond motifs is 1. The van der Waals surface area contributed by atoms with Crippen LogP contribution in [0, 0.1) is 0 Å². The summed E-state index contributed by atoms with van der Waals surface area (Å²) in [4.78, 5) is 18.8. The Bertz CT molecular complexity index is 609. The number of aromatic amines is 1. The third kappa shape index (κ3) is 2.98. The number of rotatable bonds is 6. The van der Waals surface area contributed by atoms with Crippen molar-refractivity contribution in [1.82, 2.24) is 20.1 Å². The fourth-order valence-electron chi connectivity index (χ4n) is 2.59. The minimum absolute atomic E-state index is 0.0401. The molecular weight excluding hydrogens is 288 g/mol. The lowest BCUT2D eigenvalue weighted by Crippen LogP contribution is -2.34. The minimum atomic E-state index is -0.0401. The lowest BCUT2D eigenvalue weighted by molar-refractivity contribution is 0.0673. The maximum atomic E-state index is 12.8. The number of methoxy groups -OCH3 is 1. The summed E-state index contributed by atoms with van der Waals surface area (Å²) in [6.45, 7) is 1.54. The number of aryl methyl sites for hydroxylation is 1. The highest BCUT2D eigenvalue weighted by atomic mass is 32.1. The van der Waals surface area contributed by atoms with E-state index in [0.717, 1.165) is 35.5 Å². The molecule has 2 aromatic rings. The van der Waals surface area contributed by atoms with Gasteiger partial charge in [0.1, 0.15) is 5.01 Å². The lowest BCUT2D eigenvalue weighted by Gasteiger charge is -2.20. The topological polar surface area (TPSA) is 71.1 Å². The largest absolute Gasteiger partial charge is 0.383 e. The van der Waals surface area contributed by atoms with Gasteiger partial charge in [-0.1, -0.05) is 0 Å². The molecule has 0 spiro atoms. The second kappa shape index (κ2) is 6.36. The van der Waals surface area contributed by atoms with Crippen LogP contribution >= 0.6 is 11.3 Å². The first-order valence-corrected chi connectivity index (χ1v) is 7.90. The molecule has 1 aliphatic rings. The smallest absolute Gasteiger partial charge is 0.275 e. The van der Waals surface area contributed by atoms with E-state index in [4.69, 9.17) is 4.74 Å². The molecule has 0 atom stereocenters. The summed E-state index contributed by atoms with van der Waals surface area (Å²) < 4.78 is 5.11. The van der Waals surface area contributed by atoms with Gasteiger partial charge in [0.15, 0.2) is 5.69 Å². The average Bonchev–Trinajstić information content (AvgIpc) is 3.19. The number of carbonyl (C=O) groups excluding carboxylic acids is 1. The summed E-state index contributed by atoms with van der Waals surface area (Å²) in [5.74, 6) is -0.0401. The predicted octanol–water partition coefficient (Wildman–Crippen LogP) is 1.64. The van der Waals surface area contributed by atoms with Gasteiger partial charge >= 0.3 is 0 Å². The highest BCUT2D eigenvalue weighted by Crippen LogP contribution is 2.24. The Balaban J connectivity index is 1.79. The molecule has 1 amide bonds. The Morgan fingerprint density at radius 1 is 1.52 bits per heavy atom. The zero-order chi connectivity index (χ0) is 14.7. The Kier molecular flexibility index (Phi) is 4.31. The van der Waals surface area contributed by atoms with Gasteiger partial charge in [-0.3, -0.25) is 9.89 Å². The van der Waals surface area contributed by atoms with Gasteiger partial charge in [-0.15, -0.1) is 11.3 Å². The summed E-state index contributed by atoms with van der Waals surface area (Å²) in [5.41, 5.74) is 2.76. The van der Waals surface area contributed by atoms with Crippen molar-refractivity contribution < 1.29 is 9.53 Å². The second-order valence-corrected chi connectivity index (χ2v) is 6.01. The maximum absolute atomic E-state index is 12.8. The van der Waals surface area contributed by atoms with Crippen LogP contribution in [0.1, 0.15) is 33.2 Å². The molecular formula is C14H18N4O2S. The molecule has 0 radical (unpaired) electrons. The highest BCUT2D eigenvalue weighted by Gasteiger charge is 2.26. The van der Waals surface area contributed by atoms with Gasteiger partial charge < -0.3 is 9.64 Å². The van der Waals surface area contributed by atoms with Crippen LogP contribution in [-0.2, 0) is 24.1 Å². The van der Waals surface area contributed by atoms with Crippen LogP contribution in [-0.4, -0.2) is 46.2 Å². The van der Waals surface area contributed by atoms with E-state index >= 15 is 0 Å². The molecule has 3 rings (SSSR count). The summed E-state index contributed by atoms with van der Waals surface area (Å²) in [7, 11) is 1.64. The Labute approximate surface area is 127 Å². The van der Waals surface area contributed by atoms with Crippen LogP contribution in [0.4, 0.5) is 0 Å². The Hall–Kier alpha value is -1.73. The number of thiazole rings is 1. The molecule has 6 nitrogen and oxygen atoms in total. The molecule has 1 N–H and O–H groups in total. The van der Waals surface area contributed by atoms with Gasteiger partial charge in [0.2, 0.25) is 0 Å². The third-order valence-corrected chi connectivity index (χ3v) is 4.44. The normalized spacial score (nSPS) is 13.4. The SMILES string of the molecule is COCCN(Cc1nccs1)C(=O)c1n[nH]c2c1CCC2. The monoisotopic (exact) mass is 306 g/mol. The number of nitrogens with one attached hydrogen (secondary N) is 1. The molecule has 112 valence electrons. The van der Waals surface area contributed by atoms with Crippen molar-refractivity contribution in [1.29, 1.82) is 0 Å². The highest BCUT2D eigenvalue weighted by molar-refractivity contribution is 7.09.